The predicted molar refractivity (Wildman–Crippen MR) is 44.2 cm³/mol. The summed E-state index contributed by atoms with van der Waals surface area (Å²) in [4.78, 5) is 0.122. The molecule has 1 heteroatoms. The highest BCUT2D eigenvalue weighted by atomic mass is 35.5. The van der Waals surface area contributed by atoms with E-state index in [0.29, 0.717) is 5.92 Å². The van der Waals surface area contributed by atoms with Gasteiger partial charge in [0.05, 0.1) is 4.87 Å². The van der Waals surface area contributed by atoms with Gasteiger partial charge in [-0.05, 0) is 32.1 Å². The molecule has 0 aromatic carbocycles. The van der Waals surface area contributed by atoms with Crippen molar-refractivity contribution in [1.82, 2.24) is 0 Å². The molecule has 56 valence electrons. The lowest BCUT2D eigenvalue weighted by Gasteiger charge is -1.99. The van der Waals surface area contributed by atoms with E-state index >= 15 is 0 Å². The Labute approximate surface area is 67.3 Å². The molecule has 0 bridgehead atoms. The highest BCUT2D eigenvalue weighted by Gasteiger charge is 2.58. The summed E-state index contributed by atoms with van der Waals surface area (Å²) in [5.41, 5.74) is 0. The summed E-state index contributed by atoms with van der Waals surface area (Å²) in [7, 11) is 0. The molecular formula is C9H13Cl. The number of halogens is 1. The van der Waals surface area contributed by atoms with Crippen molar-refractivity contribution in [3.05, 3.63) is 12.2 Å². The second kappa shape index (κ2) is 2.01. The molecule has 0 aromatic rings. The van der Waals surface area contributed by atoms with Crippen molar-refractivity contribution >= 4 is 11.6 Å². The maximum Gasteiger partial charge on any atom is 0.0518 e. The van der Waals surface area contributed by atoms with Crippen molar-refractivity contribution in [3.8, 4) is 0 Å². The van der Waals surface area contributed by atoms with E-state index in [9.17, 15) is 0 Å². The minimum absolute atomic E-state index is 0.122. The lowest BCUT2D eigenvalue weighted by molar-refractivity contribution is 0.645. The van der Waals surface area contributed by atoms with Gasteiger partial charge in [-0.15, -0.1) is 11.6 Å². The van der Waals surface area contributed by atoms with E-state index in [0.717, 1.165) is 5.92 Å². The molecule has 10 heavy (non-hydrogen) atoms. The van der Waals surface area contributed by atoms with Crippen LogP contribution in [0.5, 0.6) is 0 Å². The molecule has 0 spiro atoms. The van der Waals surface area contributed by atoms with Gasteiger partial charge in [0.2, 0.25) is 0 Å². The maximum atomic E-state index is 6.23. The van der Waals surface area contributed by atoms with Crippen LogP contribution >= 0.6 is 11.6 Å². The lowest BCUT2D eigenvalue weighted by atomic mass is 10.1. The largest absolute Gasteiger partial charge is 0.119 e. The smallest absolute Gasteiger partial charge is 0.0518 e. The number of fused-ring (bicyclic) bond motifs is 1. The summed E-state index contributed by atoms with van der Waals surface area (Å²) >= 11 is 6.23. The van der Waals surface area contributed by atoms with Gasteiger partial charge in [0.25, 0.3) is 0 Å². The Morgan fingerprint density at radius 2 is 2.40 bits per heavy atom. The van der Waals surface area contributed by atoms with E-state index in [1.54, 1.807) is 0 Å². The van der Waals surface area contributed by atoms with Gasteiger partial charge in [-0.2, -0.15) is 0 Å². The monoisotopic (exact) mass is 156 g/mol. The Bertz CT molecular complexity index is 170. The van der Waals surface area contributed by atoms with Crippen molar-refractivity contribution in [1.29, 1.82) is 0 Å². The third-order valence-corrected chi connectivity index (χ3v) is 3.46. The van der Waals surface area contributed by atoms with E-state index in [1.165, 1.54) is 19.3 Å². The van der Waals surface area contributed by atoms with Crippen LogP contribution in [0.25, 0.3) is 0 Å². The van der Waals surface area contributed by atoms with E-state index in [2.05, 4.69) is 19.1 Å². The van der Waals surface area contributed by atoms with Gasteiger partial charge in [0.15, 0.2) is 0 Å². The van der Waals surface area contributed by atoms with Crippen LogP contribution in [0.4, 0.5) is 0 Å². The first-order chi connectivity index (χ1) is 4.73. The Balaban J connectivity index is 2.13. The molecule has 0 amide bonds. The quantitative estimate of drug-likeness (QED) is 0.374. The lowest BCUT2D eigenvalue weighted by Crippen LogP contribution is -1.95. The SMILES string of the molecule is C[C@]1(Cl)[C@@H]2C=CCCC[C@@H]21. The molecule has 2 aliphatic carbocycles. The third-order valence-electron chi connectivity index (χ3n) is 2.93. The second-order valence-electron chi connectivity index (χ2n) is 3.64. The second-order valence-corrected chi connectivity index (χ2v) is 4.46. The zero-order chi connectivity index (χ0) is 7.19. The van der Waals surface area contributed by atoms with Crippen molar-refractivity contribution < 1.29 is 0 Å². The van der Waals surface area contributed by atoms with Gasteiger partial charge in [-0.3, -0.25) is 0 Å². The minimum atomic E-state index is 0.122. The molecule has 3 atom stereocenters. The number of alkyl halides is 1. The van der Waals surface area contributed by atoms with E-state index in [4.69, 9.17) is 11.6 Å². The third kappa shape index (κ3) is 0.818. The molecule has 1 fully saturated rings. The molecule has 2 rings (SSSR count). The summed E-state index contributed by atoms with van der Waals surface area (Å²) in [6, 6.07) is 0. The average molecular weight is 157 g/mol. The van der Waals surface area contributed by atoms with Crippen LogP contribution in [0.3, 0.4) is 0 Å². The Kier molecular flexibility index (Phi) is 1.35. The fourth-order valence-corrected chi connectivity index (χ4v) is 2.49. The Morgan fingerprint density at radius 1 is 1.60 bits per heavy atom. The van der Waals surface area contributed by atoms with E-state index in [-0.39, 0.29) is 4.87 Å². The molecule has 0 saturated heterocycles. The van der Waals surface area contributed by atoms with Crippen LogP contribution < -0.4 is 0 Å². The molecule has 0 aliphatic heterocycles. The molecule has 1 saturated carbocycles. The summed E-state index contributed by atoms with van der Waals surface area (Å²) in [6.45, 7) is 2.17. The highest BCUT2D eigenvalue weighted by molar-refractivity contribution is 6.26. The van der Waals surface area contributed by atoms with Crippen LogP contribution in [0.15, 0.2) is 12.2 Å². The number of hydrogen-bond acceptors (Lipinski definition) is 0. The molecular weight excluding hydrogens is 144 g/mol. The fourth-order valence-electron chi connectivity index (χ4n) is 2.08. The zero-order valence-corrected chi connectivity index (χ0v) is 7.06. The molecule has 0 unspecified atom stereocenters. The van der Waals surface area contributed by atoms with Gasteiger partial charge < -0.3 is 0 Å². The topological polar surface area (TPSA) is 0 Å². The molecule has 0 heterocycles. The van der Waals surface area contributed by atoms with E-state index < -0.39 is 0 Å². The molecule has 2 aliphatic rings. The van der Waals surface area contributed by atoms with Crippen molar-refractivity contribution in [2.45, 2.75) is 31.1 Å². The standard InChI is InChI=1S/C9H13Cl/c1-9(10)7-5-3-2-4-6-8(7)9/h3,5,7-8H,2,4,6H2,1H3/t7-,8+,9+/m1/s1. The van der Waals surface area contributed by atoms with Crippen LogP contribution in [0, 0.1) is 11.8 Å². The van der Waals surface area contributed by atoms with Crippen molar-refractivity contribution in [3.63, 3.8) is 0 Å². The van der Waals surface area contributed by atoms with Gasteiger partial charge >= 0.3 is 0 Å². The summed E-state index contributed by atoms with van der Waals surface area (Å²) in [5, 5.41) is 0. The van der Waals surface area contributed by atoms with Crippen LogP contribution in [0.1, 0.15) is 26.2 Å². The molecule has 0 N–H and O–H groups in total. The first-order valence-electron chi connectivity index (χ1n) is 4.08. The normalized spacial score (nSPS) is 51.8. The molecule has 0 radical (unpaired) electrons. The first kappa shape index (κ1) is 6.72. The molecule has 0 aromatic heterocycles. The van der Waals surface area contributed by atoms with Gasteiger partial charge in [0, 0.05) is 5.92 Å². The van der Waals surface area contributed by atoms with Gasteiger partial charge in [-0.1, -0.05) is 12.2 Å². The summed E-state index contributed by atoms with van der Waals surface area (Å²) in [5.74, 6) is 1.48. The fraction of sp³-hybridized carbons (Fsp3) is 0.778. The first-order valence-corrected chi connectivity index (χ1v) is 4.46. The predicted octanol–water partition coefficient (Wildman–Crippen LogP) is 2.97. The number of allylic oxidation sites excluding steroid dienone is 2. The zero-order valence-electron chi connectivity index (χ0n) is 6.31. The van der Waals surface area contributed by atoms with Crippen molar-refractivity contribution in [2.75, 3.05) is 0 Å². The van der Waals surface area contributed by atoms with Gasteiger partial charge in [0.1, 0.15) is 0 Å². The van der Waals surface area contributed by atoms with Crippen LogP contribution in [-0.4, -0.2) is 4.87 Å². The van der Waals surface area contributed by atoms with Gasteiger partial charge in [-0.25, -0.2) is 0 Å². The van der Waals surface area contributed by atoms with Crippen molar-refractivity contribution in [2.24, 2.45) is 11.8 Å². The Morgan fingerprint density at radius 3 is 3.20 bits per heavy atom. The number of hydrogen-bond donors (Lipinski definition) is 0. The summed E-state index contributed by atoms with van der Waals surface area (Å²) < 4.78 is 0. The summed E-state index contributed by atoms with van der Waals surface area (Å²) in [6.07, 6.45) is 8.53. The minimum Gasteiger partial charge on any atom is -0.119 e. The average Bonchev–Trinajstić information content (AvgIpc) is 2.47. The maximum absolute atomic E-state index is 6.23. The van der Waals surface area contributed by atoms with E-state index in [1.807, 2.05) is 0 Å². The molecule has 0 nitrogen and oxygen atoms in total. The van der Waals surface area contributed by atoms with Crippen LogP contribution in [0.2, 0.25) is 0 Å². The highest BCUT2D eigenvalue weighted by Crippen LogP contribution is 2.59. The van der Waals surface area contributed by atoms with Crippen LogP contribution in [-0.2, 0) is 0 Å². The number of rotatable bonds is 0. The Hall–Kier alpha value is 0.0300.